The molecule has 0 radical (unpaired) electrons. The summed E-state index contributed by atoms with van der Waals surface area (Å²) in [6.45, 7) is 1.80. The van der Waals surface area contributed by atoms with Crippen LogP contribution in [0.3, 0.4) is 0 Å². The number of benzene rings is 2. The highest BCUT2D eigenvalue weighted by molar-refractivity contribution is 7.89. The molecule has 0 bridgehead atoms. The Morgan fingerprint density at radius 3 is 2.68 bits per heavy atom. The zero-order chi connectivity index (χ0) is 20.3. The number of hydrogen-bond acceptors (Lipinski definition) is 5. The highest BCUT2D eigenvalue weighted by Gasteiger charge is 2.16. The lowest BCUT2D eigenvalue weighted by molar-refractivity contribution is 0.0992. The molecule has 0 aliphatic rings. The Bertz CT molecular complexity index is 1310. The van der Waals surface area contributed by atoms with E-state index in [1.54, 1.807) is 25.1 Å². The van der Waals surface area contributed by atoms with Gasteiger partial charge in [0.25, 0.3) is 0 Å². The van der Waals surface area contributed by atoms with Crippen LogP contribution in [0.5, 0.6) is 0 Å². The number of aryl methyl sites for hydroxylation is 1. The first kappa shape index (κ1) is 19.3. The van der Waals surface area contributed by atoms with Crippen molar-refractivity contribution in [3.8, 4) is 0 Å². The van der Waals surface area contributed by atoms with Crippen molar-refractivity contribution in [1.82, 2.24) is 14.6 Å². The predicted octanol–water partition coefficient (Wildman–Crippen LogP) is 2.19. The lowest BCUT2D eigenvalue weighted by Gasteiger charge is -2.02. The minimum atomic E-state index is -3.67. The first-order valence-electron chi connectivity index (χ1n) is 8.13. The van der Waals surface area contributed by atoms with Crippen molar-refractivity contribution in [1.29, 1.82) is 0 Å². The zero-order valence-corrected chi connectivity index (χ0v) is 15.8. The number of rotatable bonds is 4. The summed E-state index contributed by atoms with van der Waals surface area (Å²) in [5, 5.41) is 8.19. The van der Waals surface area contributed by atoms with E-state index in [0.717, 1.165) is 10.9 Å². The van der Waals surface area contributed by atoms with E-state index in [1.165, 1.54) is 37.4 Å². The minimum Gasteiger partial charge on any atom is -0.322 e. The van der Waals surface area contributed by atoms with E-state index in [1.807, 2.05) is 0 Å². The second-order valence-corrected chi connectivity index (χ2v) is 7.76. The number of pyridine rings is 1. The van der Waals surface area contributed by atoms with Crippen LogP contribution in [-0.4, -0.2) is 26.4 Å². The maximum absolute atomic E-state index is 12.1. The monoisotopic (exact) mass is 398 g/mol. The Labute approximate surface area is 159 Å². The molecule has 0 saturated carbocycles. The molecule has 0 aliphatic heterocycles. The molecule has 0 spiro atoms. The van der Waals surface area contributed by atoms with Gasteiger partial charge in [-0.05, 0) is 55.9 Å². The molecule has 9 nitrogen and oxygen atoms in total. The lowest BCUT2D eigenvalue weighted by atomic mass is 10.1. The number of fused-ring (bicyclic) bond motifs is 1. The van der Waals surface area contributed by atoms with E-state index in [9.17, 15) is 18.0 Å². The highest BCUT2D eigenvalue weighted by atomic mass is 32.2. The Morgan fingerprint density at radius 1 is 1.14 bits per heavy atom. The molecule has 0 atom stereocenters. The van der Waals surface area contributed by atoms with Crippen LogP contribution in [0.15, 0.2) is 68.4 Å². The Kier molecular flexibility index (Phi) is 5.27. The predicted molar refractivity (Wildman–Crippen MR) is 103 cm³/mol. The summed E-state index contributed by atoms with van der Waals surface area (Å²) in [6.07, 6.45) is 0. The van der Waals surface area contributed by atoms with Gasteiger partial charge in [0.15, 0.2) is 10.8 Å². The average molecular weight is 398 g/mol. The first-order chi connectivity index (χ1) is 13.3. The van der Waals surface area contributed by atoms with E-state index in [0.29, 0.717) is 11.2 Å². The molecule has 0 aliphatic carbocycles. The van der Waals surface area contributed by atoms with Crippen LogP contribution in [0.25, 0.3) is 10.9 Å². The van der Waals surface area contributed by atoms with Gasteiger partial charge in [-0.25, -0.2) is 13.1 Å². The van der Waals surface area contributed by atoms with Crippen molar-refractivity contribution < 1.29 is 13.2 Å². The zero-order valence-electron chi connectivity index (χ0n) is 15.0. The molecule has 10 heteroatoms. The fourth-order valence-electron chi connectivity index (χ4n) is 2.56. The van der Waals surface area contributed by atoms with Crippen LogP contribution in [-0.2, 0) is 10.0 Å². The molecule has 1 aromatic heterocycles. The van der Waals surface area contributed by atoms with Gasteiger partial charge >= 0.3 is 5.91 Å². The summed E-state index contributed by atoms with van der Waals surface area (Å²) >= 11 is 0. The Morgan fingerprint density at radius 2 is 1.93 bits per heavy atom. The molecule has 142 valence electrons. The largest absolute Gasteiger partial charge is 0.360 e. The van der Waals surface area contributed by atoms with Gasteiger partial charge in [0.2, 0.25) is 25.6 Å². The van der Waals surface area contributed by atoms with Crippen LogP contribution in [0.2, 0.25) is 0 Å². The number of sulfonamides is 1. The summed E-state index contributed by atoms with van der Waals surface area (Å²) in [7, 11) is -2.39. The molecule has 2 aromatic carbocycles. The molecular formula is C18H16N5O4S+. The first-order valence-corrected chi connectivity index (χ1v) is 9.62. The molecule has 0 fully saturated rings. The number of nitrogens with zero attached hydrogens (tertiary/aromatic N) is 3. The minimum absolute atomic E-state index is 0.0491. The van der Waals surface area contributed by atoms with E-state index in [2.05, 4.69) is 24.8 Å². The number of amides is 1. The second kappa shape index (κ2) is 7.65. The fourth-order valence-corrected chi connectivity index (χ4v) is 3.33. The lowest BCUT2D eigenvalue weighted by Crippen LogP contribution is -2.18. The van der Waals surface area contributed by atoms with Gasteiger partial charge in [-0.3, -0.25) is 9.59 Å². The molecule has 3 rings (SSSR count). The second-order valence-electron chi connectivity index (χ2n) is 5.88. The number of hydrogen-bond donors (Lipinski definition) is 2. The van der Waals surface area contributed by atoms with E-state index >= 15 is 0 Å². The van der Waals surface area contributed by atoms with Crippen molar-refractivity contribution in [2.75, 3.05) is 7.05 Å². The molecule has 0 unspecified atom stereocenters. The van der Waals surface area contributed by atoms with Crippen molar-refractivity contribution in [2.24, 2.45) is 10.2 Å². The van der Waals surface area contributed by atoms with Gasteiger partial charge in [0.1, 0.15) is 0 Å². The van der Waals surface area contributed by atoms with Crippen LogP contribution in [0.1, 0.15) is 15.9 Å². The highest BCUT2D eigenvalue weighted by Crippen LogP contribution is 2.21. The number of carbonyl (C=O) groups is 1. The van der Waals surface area contributed by atoms with E-state index < -0.39 is 15.9 Å². The molecular weight excluding hydrogens is 382 g/mol. The van der Waals surface area contributed by atoms with Gasteiger partial charge in [0, 0.05) is 17.0 Å². The van der Waals surface area contributed by atoms with E-state index in [4.69, 9.17) is 0 Å². The van der Waals surface area contributed by atoms with Crippen LogP contribution < -0.4 is 15.2 Å². The third-order valence-electron chi connectivity index (χ3n) is 3.99. The van der Waals surface area contributed by atoms with Crippen LogP contribution >= 0.6 is 0 Å². The maximum Gasteiger partial charge on any atom is 0.360 e. The Balaban J connectivity index is 1.88. The summed E-state index contributed by atoms with van der Waals surface area (Å²) in [5.41, 5.74) is 1.78. The van der Waals surface area contributed by atoms with Gasteiger partial charge in [-0.15, -0.1) is 0 Å². The third kappa shape index (κ3) is 4.09. The third-order valence-corrected chi connectivity index (χ3v) is 5.40. The van der Waals surface area contributed by atoms with Crippen LogP contribution in [0.4, 0.5) is 5.69 Å². The van der Waals surface area contributed by atoms with Gasteiger partial charge in [0.05, 0.1) is 10.5 Å². The van der Waals surface area contributed by atoms with Gasteiger partial charge < -0.3 is 4.98 Å². The Hall–Kier alpha value is -3.46. The quantitative estimate of drug-likeness (QED) is 0.514. The summed E-state index contributed by atoms with van der Waals surface area (Å²) in [4.78, 5) is 29.8. The molecule has 2 N–H and O–H groups in total. The van der Waals surface area contributed by atoms with E-state index in [-0.39, 0.29) is 16.0 Å². The molecule has 1 heterocycles. The molecule has 28 heavy (non-hydrogen) atoms. The van der Waals surface area contributed by atoms with Crippen molar-refractivity contribution >= 4 is 32.5 Å². The maximum atomic E-state index is 12.1. The average Bonchev–Trinajstić information content (AvgIpc) is 2.68. The summed E-state index contributed by atoms with van der Waals surface area (Å²) in [5.74, 6) is -0.724. The van der Waals surface area contributed by atoms with Crippen molar-refractivity contribution in [2.45, 2.75) is 11.8 Å². The summed E-state index contributed by atoms with van der Waals surface area (Å²) < 4.78 is 25.8. The standard InChI is InChI=1S/C18H15N5O4S/c1-11-8-17(24)20-16-7-6-13(10-15(11)16)21-23-22-18(25)12-4-3-5-14(9-12)28(26,27)19-2/h3-10,19H,1-2H3/p+1. The number of aromatic amines is 1. The van der Waals surface area contributed by atoms with Crippen LogP contribution in [0, 0.1) is 6.92 Å². The van der Waals surface area contributed by atoms with Crippen molar-refractivity contribution in [3.05, 3.63) is 70.0 Å². The number of nitrogens with one attached hydrogen (secondary N) is 2. The smallest absolute Gasteiger partial charge is 0.322 e. The molecule has 0 saturated heterocycles. The van der Waals surface area contributed by atoms with Crippen molar-refractivity contribution in [3.63, 3.8) is 0 Å². The van der Waals surface area contributed by atoms with Gasteiger partial charge in [-0.2, -0.15) is 0 Å². The number of carbonyl (C=O) groups excluding carboxylic acids is 1. The van der Waals surface area contributed by atoms with Gasteiger partial charge in [-0.1, -0.05) is 6.07 Å². The topological polar surface area (TPSA) is 135 Å². The summed E-state index contributed by atoms with van der Waals surface area (Å²) in [6, 6.07) is 12.0. The normalized spacial score (nSPS) is 11.1. The number of H-pyrrole nitrogens is 1. The molecule has 1 amide bonds. The fraction of sp³-hybridized carbons (Fsp3) is 0.111. The number of aromatic nitrogens is 1. The SMILES string of the molecule is CNS(=O)(=O)c1cccc(C(=O)N=[N+]=Nc2ccc3[nH]c(=O)cc(C)c3c2)c1. The molecule has 3 aromatic rings.